The minimum absolute atomic E-state index is 0.0468. The molecule has 1 atom stereocenters. The standard InChI is InChI=1S/C40H45N3O4/c1-7-41-19-11-12-32(16-15-29(4)43(30(5)44)31(6)45)24-27(2)37-26-33(25-28(3)39(37)41)40(46)36-17-18-38(42-20-22-47-23-21-42)35-14-10-8-9-13-34(35)36/h8,10-14,17-18,24-26,29H,2,7,15-16,19-23H2,1,3-6H3/b12-11-,32-24+. The van der Waals surface area contributed by atoms with Gasteiger partial charge >= 0.3 is 0 Å². The number of rotatable bonds is 8. The van der Waals surface area contributed by atoms with Gasteiger partial charge in [-0.1, -0.05) is 37.0 Å². The molecule has 0 saturated carbocycles. The van der Waals surface area contributed by atoms with Crippen molar-refractivity contribution < 1.29 is 19.1 Å². The first-order chi connectivity index (χ1) is 22.6. The molecule has 0 radical (unpaired) electrons. The number of hydrogen-bond donors (Lipinski definition) is 0. The summed E-state index contributed by atoms with van der Waals surface area (Å²) in [6.45, 7) is 17.9. The highest BCUT2D eigenvalue weighted by atomic mass is 16.5. The number of morpholine rings is 1. The Hall–Kier alpha value is -4.71. The van der Waals surface area contributed by atoms with Crippen molar-refractivity contribution in [3.05, 3.63) is 106 Å². The summed E-state index contributed by atoms with van der Waals surface area (Å²) in [6, 6.07) is 7.76. The van der Waals surface area contributed by atoms with Gasteiger partial charge in [-0.15, -0.1) is 5.73 Å². The Morgan fingerprint density at radius 1 is 1.06 bits per heavy atom. The SMILES string of the molecule is C=C1/C=C(CCC(C)N(C(C)=O)C(C)=O)\C=C/CN(CC)c2c(C)cc(C(=O)c3ccc(N4CCOCC4)c4c3C=C=CC=C4)cc21. The van der Waals surface area contributed by atoms with Gasteiger partial charge in [0.2, 0.25) is 11.8 Å². The lowest BCUT2D eigenvalue weighted by atomic mass is 9.89. The summed E-state index contributed by atoms with van der Waals surface area (Å²) >= 11 is 0. The van der Waals surface area contributed by atoms with E-state index in [9.17, 15) is 14.4 Å². The minimum atomic E-state index is -0.247. The number of carbonyl (C=O) groups is 3. The second kappa shape index (κ2) is 14.8. The molecule has 3 aliphatic rings. The molecule has 0 aromatic heterocycles. The van der Waals surface area contributed by atoms with Gasteiger partial charge in [0, 0.05) is 85.3 Å². The van der Waals surface area contributed by atoms with Gasteiger partial charge in [-0.25, -0.2) is 0 Å². The number of allylic oxidation sites excluding steroid dienone is 6. The molecular formula is C40H45N3O4. The molecule has 5 rings (SSSR count). The quantitative estimate of drug-likeness (QED) is 0.228. The molecule has 2 aromatic carbocycles. The smallest absolute Gasteiger partial charge is 0.226 e. The zero-order chi connectivity index (χ0) is 33.7. The van der Waals surface area contributed by atoms with E-state index in [-0.39, 0.29) is 23.6 Å². The molecule has 2 aliphatic heterocycles. The fourth-order valence-electron chi connectivity index (χ4n) is 6.86. The Morgan fingerprint density at radius 3 is 2.51 bits per heavy atom. The van der Waals surface area contributed by atoms with E-state index in [1.54, 1.807) is 0 Å². The molecule has 2 aromatic rings. The molecule has 2 amide bonds. The molecule has 244 valence electrons. The van der Waals surface area contributed by atoms with Crippen molar-refractivity contribution in [2.45, 2.75) is 53.5 Å². The maximum absolute atomic E-state index is 14.4. The zero-order valence-corrected chi connectivity index (χ0v) is 28.3. The summed E-state index contributed by atoms with van der Waals surface area (Å²) in [4.78, 5) is 44.5. The number of nitrogens with zero attached hydrogens (tertiary/aromatic N) is 3. The van der Waals surface area contributed by atoms with Crippen molar-refractivity contribution in [2.75, 3.05) is 49.2 Å². The molecular weight excluding hydrogens is 586 g/mol. The molecule has 1 unspecified atom stereocenters. The van der Waals surface area contributed by atoms with E-state index in [0.29, 0.717) is 43.7 Å². The van der Waals surface area contributed by atoms with Crippen LogP contribution in [0.2, 0.25) is 0 Å². The summed E-state index contributed by atoms with van der Waals surface area (Å²) in [5.41, 5.74) is 12.3. The molecule has 7 nitrogen and oxygen atoms in total. The lowest BCUT2D eigenvalue weighted by Gasteiger charge is -2.31. The van der Waals surface area contributed by atoms with Crippen molar-refractivity contribution in [1.29, 1.82) is 0 Å². The number of aryl methyl sites for hydroxylation is 1. The van der Waals surface area contributed by atoms with Crippen LogP contribution in [0.5, 0.6) is 0 Å². The van der Waals surface area contributed by atoms with Gasteiger partial charge in [0.15, 0.2) is 5.78 Å². The van der Waals surface area contributed by atoms with Crippen LogP contribution in [0.4, 0.5) is 11.4 Å². The second-order valence-electron chi connectivity index (χ2n) is 12.4. The number of carbonyl (C=O) groups excluding carboxylic acids is 3. The normalized spacial score (nSPS) is 18.1. The van der Waals surface area contributed by atoms with Gasteiger partial charge in [0.05, 0.1) is 13.2 Å². The Balaban J connectivity index is 1.52. The minimum Gasteiger partial charge on any atom is -0.378 e. The maximum Gasteiger partial charge on any atom is 0.226 e. The molecule has 1 aliphatic carbocycles. The van der Waals surface area contributed by atoms with E-state index in [1.165, 1.54) is 18.7 Å². The van der Waals surface area contributed by atoms with Crippen LogP contribution in [0.1, 0.15) is 78.7 Å². The first-order valence-electron chi connectivity index (χ1n) is 16.5. The fraction of sp³-hybridized carbons (Fsp3) is 0.350. The lowest BCUT2D eigenvalue weighted by molar-refractivity contribution is -0.144. The largest absolute Gasteiger partial charge is 0.378 e. The van der Waals surface area contributed by atoms with Gasteiger partial charge in [-0.3, -0.25) is 19.3 Å². The number of benzene rings is 2. The highest BCUT2D eigenvalue weighted by Gasteiger charge is 2.25. The van der Waals surface area contributed by atoms with E-state index >= 15 is 0 Å². The van der Waals surface area contributed by atoms with Crippen molar-refractivity contribution in [1.82, 2.24) is 4.90 Å². The van der Waals surface area contributed by atoms with Crippen LogP contribution in [0.25, 0.3) is 17.7 Å². The second-order valence-corrected chi connectivity index (χ2v) is 12.4. The number of hydrogen-bond acceptors (Lipinski definition) is 6. The molecule has 1 fully saturated rings. The van der Waals surface area contributed by atoms with Gasteiger partial charge in [-0.2, -0.15) is 0 Å². The molecule has 0 spiro atoms. The highest BCUT2D eigenvalue weighted by Crippen LogP contribution is 2.37. The van der Waals surface area contributed by atoms with Crippen LogP contribution in [-0.2, 0) is 14.3 Å². The van der Waals surface area contributed by atoms with Gasteiger partial charge in [0.25, 0.3) is 0 Å². The Bertz CT molecular complexity index is 1730. The predicted molar refractivity (Wildman–Crippen MR) is 192 cm³/mol. The first kappa shape index (κ1) is 33.6. The average Bonchev–Trinajstić information content (AvgIpc) is 3.27. The average molecular weight is 632 g/mol. The van der Waals surface area contributed by atoms with E-state index in [4.69, 9.17) is 4.74 Å². The predicted octanol–water partition coefficient (Wildman–Crippen LogP) is 7.16. The van der Waals surface area contributed by atoms with E-state index in [1.807, 2.05) is 43.4 Å². The highest BCUT2D eigenvalue weighted by molar-refractivity contribution is 6.13. The summed E-state index contributed by atoms with van der Waals surface area (Å²) in [5, 5.41) is 0. The van der Waals surface area contributed by atoms with Gasteiger partial charge in [-0.05, 0) is 86.7 Å². The van der Waals surface area contributed by atoms with Crippen molar-refractivity contribution in [3.63, 3.8) is 0 Å². The van der Waals surface area contributed by atoms with Crippen molar-refractivity contribution in [2.24, 2.45) is 0 Å². The van der Waals surface area contributed by atoms with Crippen molar-refractivity contribution >= 4 is 46.7 Å². The summed E-state index contributed by atoms with van der Waals surface area (Å²) in [6.07, 6.45) is 15.4. The van der Waals surface area contributed by atoms with E-state index in [0.717, 1.165) is 64.4 Å². The molecule has 1 saturated heterocycles. The van der Waals surface area contributed by atoms with Crippen LogP contribution in [0.15, 0.2) is 72.5 Å². The topological polar surface area (TPSA) is 70.2 Å². The summed E-state index contributed by atoms with van der Waals surface area (Å²) < 4.78 is 5.59. The van der Waals surface area contributed by atoms with Crippen LogP contribution in [0, 0.1) is 6.92 Å². The number of ketones is 1. The molecule has 47 heavy (non-hydrogen) atoms. The van der Waals surface area contributed by atoms with Crippen LogP contribution < -0.4 is 9.80 Å². The lowest BCUT2D eigenvalue weighted by Crippen LogP contribution is -2.40. The zero-order valence-electron chi connectivity index (χ0n) is 28.3. The van der Waals surface area contributed by atoms with Crippen LogP contribution in [0.3, 0.4) is 0 Å². The van der Waals surface area contributed by atoms with Crippen LogP contribution in [-0.4, -0.2) is 67.9 Å². The fourth-order valence-corrected chi connectivity index (χ4v) is 6.86. The third kappa shape index (κ3) is 7.32. The third-order valence-electron chi connectivity index (χ3n) is 9.14. The summed E-state index contributed by atoms with van der Waals surface area (Å²) in [5.74, 6) is -0.540. The van der Waals surface area contributed by atoms with E-state index in [2.05, 4.69) is 66.3 Å². The molecule has 0 N–H and O–H groups in total. The third-order valence-corrected chi connectivity index (χ3v) is 9.14. The number of likely N-dealkylation sites (N-methyl/N-ethyl adjacent to an activating group) is 1. The Labute approximate surface area is 278 Å². The summed E-state index contributed by atoms with van der Waals surface area (Å²) in [7, 11) is 0. The number of ether oxygens (including phenoxy) is 1. The Kier molecular flexibility index (Phi) is 10.6. The van der Waals surface area contributed by atoms with E-state index < -0.39 is 0 Å². The molecule has 0 bridgehead atoms. The van der Waals surface area contributed by atoms with Crippen LogP contribution >= 0.6 is 0 Å². The number of fused-ring (bicyclic) bond motifs is 2. The monoisotopic (exact) mass is 631 g/mol. The number of anilines is 2. The molecule has 2 heterocycles. The first-order valence-corrected chi connectivity index (χ1v) is 16.5. The van der Waals surface area contributed by atoms with Gasteiger partial charge in [0.1, 0.15) is 0 Å². The number of amides is 2. The van der Waals surface area contributed by atoms with Gasteiger partial charge < -0.3 is 14.5 Å². The van der Waals surface area contributed by atoms with Crippen molar-refractivity contribution in [3.8, 4) is 0 Å². The molecule has 7 heteroatoms. The Morgan fingerprint density at radius 2 is 1.81 bits per heavy atom. The maximum atomic E-state index is 14.4. The number of imide groups is 1.